The van der Waals surface area contributed by atoms with Gasteiger partial charge in [-0.05, 0) is 42.5 Å². The van der Waals surface area contributed by atoms with E-state index in [2.05, 4.69) is 73.3 Å². The number of carbonyl (C=O) groups is 1. The molecule has 0 aliphatic carbocycles. The first kappa shape index (κ1) is 19.4. The molecule has 0 bridgehead atoms. The Bertz CT molecular complexity index is 1030. The fourth-order valence-electron chi connectivity index (χ4n) is 4.29. The average molecular weight is 388 g/mol. The van der Waals surface area contributed by atoms with Crippen molar-refractivity contribution < 1.29 is 4.79 Å². The Morgan fingerprint density at radius 1 is 1.03 bits per heavy atom. The van der Waals surface area contributed by atoms with E-state index in [1.165, 1.54) is 5.56 Å². The predicted molar refractivity (Wildman–Crippen MR) is 118 cm³/mol. The van der Waals surface area contributed by atoms with Gasteiger partial charge in [0.05, 0.1) is 11.3 Å². The van der Waals surface area contributed by atoms with Crippen LogP contribution in [0.1, 0.15) is 68.1 Å². The number of aromatic nitrogens is 2. The van der Waals surface area contributed by atoms with Crippen LogP contribution in [0.3, 0.4) is 0 Å². The maximum atomic E-state index is 12.5. The van der Waals surface area contributed by atoms with Crippen molar-refractivity contribution in [3.05, 3.63) is 65.5 Å². The minimum absolute atomic E-state index is 0.0126. The molecular weight excluding hydrogens is 358 g/mol. The van der Waals surface area contributed by atoms with Crippen LogP contribution in [0.15, 0.2) is 48.7 Å². The maximum Gasteiger partial charge on any atom is 0.253 e. The number of benzene rings is 1. The molecule has 4 heteroatoms. The Morgan fingerprint density at radius 3 is 2.41 bits per heavy atom. The lowest BCUT2D eigenvalue weighted by molar-refractivity contribution is 0.0921. The van der Waals surface area contributed by atoms with E-state index in [9.17, 15) is 4.79 Å². The highest BCUT2D eigenvalue weighted by Crippen LogP contribution is 2.38. The molecule has 1 aromatic carbocycles. The smallest absolute Gasteiger partial charge is 0.253 e. The van der Waals surface area contributed by atoms with Crippen molar-refractivity contribution in [1.29, 1.82) is 0 Å². The quantitative estimate of drug-likeness (QED) is 0.593. The summed E-state index contributed by atoms with van der Waals surface area (Å²) >= 11 is 0. The lowest BCUT2D eigenvalue weighted by Crippen LogP contribution is -2.46. The molecular formula is C25H29N3O. The molecule has 3 heterocycles. The second-order valence-electron chi connectivity index (χ2n) is 8.35. The largest absolute Gasteiger partial charge is 0.357 e. The van der Waals surface area contributed by atoms with E-state index in [1.807, 2.05) is 18.3 Å². The van der Waals surface area contributed by atoms with Gasteiger partial charge in [0, 0.05) is 40.7 Å². The van der Waals surface area contributed by atoms with Crippen LogP contribution in [0.2, 0.25) is 0 Å². The maximum absolute atomic E-state index is 12.5. The van der Waals surface area contributed by atoms with Crippen LogP contribution in [-0.4, -0.2) is 22.4 Å². The first-order valence-corrected chi connectivity index (χ1v) is 10.6. The van der Waals surface area contributed by atoms with Crippen molar-refractivity contribution in [3.63, 3.8) is 0 Å². The summed E-state index contributed by atoms with van der Waals surface area (Å²) in [4.78, 5) is 20.6. The zero-order valence-corrected chi connectivity index (χ0v) is 17.7. The van der Waals surface area contributed by atoms with Gasteiger partial charge >= 0.3 is 0 Å². The van der Waals surface area contributed by atoms with Gasteiger partial charge in [-0.2, -0.15) is 0 Å². The molecule has 150 valence electrons. The molecule has 0 fully saturated rings. The van der Waals surface area contributed by atoms with Crippen LogP contribution in [0.25, 0.3) is 22.5 Å². The van der Waals surface area contributed by atoms with Crippen molar-refractivity contribution in [3.8, 4) is 22.5 Å². The fraction of sp³-hybridized carbons (Fsp3) is 0.360. The zero-order valence-electron chi connectivity index (χ0n) is 17.7. The molecule has 0 atom stereocenters. The number of nitrogens with one attached hydrogen (secondary N) is 2. The Kier molecular flexibility index (Phi) is 5.03. The summed E-state index contributed by atoms with van der Waals surface area (Å²) in [5, 5.41) is 3.08. The van der Waals surface area contributed by atoms with E-state index in [0.717, 1.165) is 46.6 Å². The molecule has 29 heavy (non-hydrogen) atoms. The molecule has 4 nitrogen and oxygen atoms in total. The predicted octanol–water partition coefficient (Wildman–Crippen LogP) is 5.67. The van der Waals surface area contributed by atoms with Crippen molar-refractivity contribution in [2.24, 2.45) is 0 Å². The standard InChI is InChI=1S/C25H29N3O/c1-5-25(6-2)15-27-24(29)20-14-22(28-23(20)25)19-11-12-26-21(13-19)18-9-7-17(8-10-18)16(3)4/h7-14,16,28H,5-6,15H2,1-4H3,(H,27,29). The van der Waals surface area contributed by atoms with Gasteiger partial charge in [0.25, 0.3) is 5.91 Å². The van der Waals surface area contributed by atoms with E-state index in [1.54, 1.807) is 0 Å². The number of H-pyrrole nitrogens is 1. The van der Waals surface area contributed by atoms with E-state index in [-0.39, 0.29) is 11.3 Å². The molecule has 2 aromatic heterocycles. The first-order chi connectivity index (χ1) is 14.0. The monoisotopic (exact) mass is 387 g/mol. The fourth-order valence-corrected chi connectivity index (χ4v) is 4.29. The molecule has 3 aromatic rings. The molecule has 1 amide bonds. The lowest BCUT2D eigenvalue weighted by Gasteiger charge is -2.35. The second kappa shape index (κ2) is 7.51. The van der Waals surface area contributed by atoms with Gasteiger partial charge in [-0.25, -0.2) is 0 Å². The molecule has 0 saturated heterocycles. The molecule has 0 radical (unpaired) electrons. The summed E-state index contributed by atoms with van der Waals surface area (Å²) in [7, 11) is 0. The third-order valence-electron chi connectivity index (χ3n) is 6.48. The Hall–Kier alpha value is -2.88. The van der Waals surface area contributed by atoms with E-state index in [0.29, 0.717) is 12.5 Å². The van der Waals surface area contributed by atoms with Crippen molar-refractivity contribution in [2.45, 2.75) is 51.9 Å². The summed E-state index contributed by atoms with van der Waals surface area (Å²) in [5.41, 5.74) is 7.20. The van der Waals surface area contributed by atoms with Crippen LogP contribution in [-0.2, 0) is 5.41 Å². The number of nitrogens with zero attached hydrogens (tertiary/aromatic N) is 1. The highest BCUT2D eigenvalue weighted by Gasteiger charge is 2.38. The molecule has 1 aliphatic heterocycles. The molecule has 0 saturated carbocycles. The highest BCUT2D eigenvalue weighted by atomic mass is 16.1. The van der Waals surface area contributed by atoms with Crippen LogP contribution >= 0.6 is 0 Å². The number of fused-ring (bicyclic) bond motifs is 1. The van der Waals surface area contributed by atoms with Crippen molar-refractivity contribution in [1.82, 2.24) is 15.3 Å². The molecule has 0 unspecified atom stereocenters. The van der Waals surface area contributed by atoms with Gasteiger partial charge in [-0.1, -0.05) is 52.0 Å². The van der Waals surface area contributed by atoms with Gasteiger partial charge in [0.2, 0.25) is 0 Å². The lowest BCUT2D eigenvalue weighted by atomic mass is 9.75. The van der Waals surface area contributed by atoms with Crippen LogP contribution in [0, 0.1) is 0 Å². The number of hydrogen-bond acceptors (Lipinski definition) is 2. The van der Waals surface area contributed by atoms with Gasteiger partial charge < -0.3 is 10.3 Å². The third kappa shape index (κ3) is 3.37. The first-order valence-electron chi connectivity index (χ1n) is 10.6. The minimum atomic E-state index is -0.0238. The van der Waals surface area contributed by atoms with Gasteiger partial charge in [0.1, 0.15) is 0 Å². The summed E-state index contributed by atoms with van der Waals surface area (Å²) in [5.74, 6) is 0.524. The number of aromatic amines is 1. The summed E-state index contributed by atoms with van der Waals surface area (Å²) < 4.78 is 0. The number of pyridine rings is 1. The Balaban J connectivity index is 1.74. The van der Waals surface area contributed by atoms with Gasteiger partial charge in [-0.15, -0.1) is 0 Å². The van der Waals surface area contributed by atoms with Gasteiger partial charge in [0.15, 0.2) is 0 Å². The normalized spacial score (nSPS) is 15.3. The number of carbonyl (C=O) groups excluding carboxylic acids is 1. The zero-order chi connectivity index (χ0) is 20.6. The number of hydrogen-bond donors (Lipinski definition) is 2. The van der Waals surface area contributed by atoms with E-state index >= 15 is 0 Å². The van der Waals surface area contributed by atoms with Crippen molar-refractivity contribution in [2.75, 3.05) is 6.54 Å². The molecule has 2 N–H and O–H groups in total. The SMILES string of the molecule is CCC1(CC)CNC(=O)c2cc(-c3ccnc(-c4ccc(C(C)C)cc4)c3)[nH]c21. The topological polar surface area (TPSA) is 57.8 Å². The highest BCUT2D eigenvalue weighted by molar-refractivity contribution is 5.98. The average Bonchev–Trinajstić information content (AvgIpc) is 3.22. The molecule has 1 aliphatic rings. The minimum Gasteiger partial charge on any atom is -0.357 e. The van der Waals surface area contributed by atoms with Crippen LogP contribution < -0.4 is 5.32 Å². The molecule has 4 rings (SSSR count). The van der Waals surface area contributed by atoms with Crippen LogP contribution in [0.4, 0.5) is 0 Å². The summed E-state index contributed by atoms with van der Waals surface area (Å²) in [6.07, 6.45) is 3.81. The van der Waals surface area contributed by atoms with E-state index < -0.39 is 0 Å². The second-order valence-corrected chi connectivity index (χ2v) is 8.35. The number of rotatable bonds is 5. The van der Waals surface area contributed by atoms with Crippen LogP contribution in [0.5, 0.6) is 0 Å². The Morgan fingerprint density at radius 2 is 1.76 bits per heavy atom. The molecule has 0 spiro atoms. The number of amides is 1. The summed E-state index contributed by atoms with van der Waals surface area (Å²) in [6.45, 7) is 9.47. The third-order valence-corrected chi connectivity index (χ3v) is 6.48. The van der Waals surface area contributed by atoms with E-state index in [4.69, 9.17) is 0 Å². The van der Waals surface area contributed by atoms with Gasteiger partial charge in [-0.3, -0.25) is 9.78 Å². The summed E-state index contributed by atoms with van der Waals surface area (Å²) in [6, 6.07) is 14.7. The Labute approximate surface area is 172 Å². The van der Waals surface area contributed by atoms with Crippen molar-refractivity contribution >= 4 is 5.91 Å².